The Kier molecular flexibility index (Phi) is 2.28. The number of rotatable bonds is 2. The van der Waals surface area contributed by atoms with E-state index in [1.807, 2.05) is 6.92 Å². The molecule has 0 saturated carbocycles. The van der Waals surface area contributed by atoms with Gasteiger partial charge in [-0.3, -0.25) is 4.79 Å². The molecular weight excluding hydrogens is 210 g/mol. The van der Waals surface area contributed by atoms with Crippen LogP contribution in [-0.4, -0.2) is 39.6 Å². The van der Waals surface area contributed by atoms with Gasteiger partial charge in [-0.25, -0.2) is 0 Å². The van der Waals surface area contributed by atoms with Crippen LogP contribution in [0.1, 0.15) is 6.92 Å². The minimum Gasteiger partial charge on any atom is -0.319 e. The zero-order valence-corrected chi connectivity index (χ0v) is 8.72. The van der Waals surface area contributed by atoms with Crippen molar-refractivity contribution in [2.45, 2.75) is 23.6 Å². The van der Waals surface area contributed by atoms with Crippen molar-refractivity contribution in [3.63, 3.8) is 0 Å². The molecule has 4 atom stereocenters. The van der Waals surface area contributed by atoms with Crippen LogP contribution in [-0.2, 0) is 9.59 Å². The number of carbonyl (C=O) groups excluding carboxylic acids is 2. The van der Waals surface area contributed by atoms with Gasteiger partial charge in [0.25, 0.3) is 0 Å². The Balaban J connectivity index is 2.16. The first-order chi connectivity index (χ1) is 6.20. The van der Waals surface area contributed by atoms with Crippen LogP contribution < -0.4 is 0 Å². The molecule has 0 N–H and O–H groups in total. The van der Waals surface area contributed by atoms with Crippen LogP contribution >= 0.6 is 23.4 Å². The number of hydrogen-bond acceptors (Lipinski definition) is 3. The molecule has 0 bridgehead atoms. The second kappa shape index (κ2) is 3.17. The van der Waals surface area contributed by atoms with E-state index in [0.717, 1.165) is 6.29 Å². The summed E-state index contributed by atoms with van der Waals surface area (Å²) in [6.45, 7) is 1.97. The number of β-lactam (4-membered cyclic amide) rings is 1. The highest BCUT2D eigenvalue weighted by Gasteiger charge is 2.56. The third-order valence-electron chi connectivity index (χ3n) is 2.65. The van der Waals surface area contributed by atoms with Crippen LogP contribution in [0.2, 0.25) is 0 Å². The molecule has 2 aliphatic rings. The Morgan fingerprint density at radius 2 is 2.38 bits per heavy atom. The predicted molar refractivity (Wildman–Crippen MR) is 51.7 cm³/mol. The van der Waals surface area contributed by atoms with E-state index in [0.29, 0.717) is 5.88 Å². The molecule has 2 aliphatic heterocycles. The summed E-state index contributed by atoms with van der Waals surface area (Å²) in [6.07, 6.45) is 0.861. The van der Waals surface area contributed by atoms with E-state index >= 15 is 0 Å². The molecule has 0 spiro atoms. The fourth-order valence-electron chi connectivity index (χ4n) is 1.87. The Morgan fingerprint density at radius 1 is 1.69 bits per heavy atom. The first-order valence-corrected chi connectivity index (χ1v) is 5.67. The summed E-state index contributed by atoms with van der Waals surface area (Å²) in [5.41, 5.74) is 0. The lowest BCUT2D eigenvalue weighted by Gasteiger charge is -2.42. The van der Waals surface area contributed by atoms with Crippen molar-refractivity contribution >= 4 is 35.6 Å². The third-order valence-corrected chi connectivity index (χ3v) is 4.53. The maximum atomic E-state index is 11.5. The van der Waals surface area contributed by atoms with Gasteiger partial charge in [0.05, 0.1) is 11.3 Å². The summed E-state index contributed by atoms with van der Waals surface area (Å²) in [7, 11) is 0. The van der Waals surface area contributed by atoms with Gasteiger partial charge in [0.1, 0.15) is 12.3 Å². The zero-order valence-electron chi connectivity index (χ0n) is 7.14. The lowest BCUT2D eigenvalue weighted by atomic mass is 9.97. The Bertz CT molecular complexity index is 261. The van der Waals surface area contributed by atoms with Gasteiger partial charge in [-0.2, -0.15) is 0 Å². The molecule has 0 radical (unpaired) electrons. The van der Waals surface area contributed by atoms with Crippen molar-refractivity contribution in [3.05, 3.63) is 0 Å². The fourth-order valence-corrected chi connectivity index (χ4v) is 3.85. The summed E-state index contributed by atoms with van der Waals surface area (Å²) in [6, 6.07) is -0.234. The number of halogens is 1. The molecule has 0 aromatic heterocycles. The van der Waals surface area contributed by atoms with Crippen molar-refractivity contribution in [2.75, 3.05) is 5.88 Å². The van der Waals surface area contributed by atoms with Crippen LogP contribution in [0.15, 0.2) is 0 Å². The van der Waals surface area contributed by atoms with Crippen molar-refractivity contribution < 1.29 is 9.59 Å². The van der Waals surface area contributed by atoms with Gasteiger partial charge in [-0.15, -0.1) is 23.4 Å². The van der Waals surface area contributed by atoms with Crippen LogP contribution in [0, 0.1) is 5.92 Å². The van der Waals surface area contributed by atoms with Crippen LogP contribution in [0.4, 0.5) is 0 Å². The number of amides is 1. The minimum atomic E-state index is -0.234. The van der Waals surface area contributed by atoms with Crippen molar-refractivity contribution in [1.29, 1.82) is 0 Å². The number of aldehydes is 1. The van der Waals surface area contributed by atoms with Crippen LogP contribution in [0.3, 0.4) is 0 Å². The predicted octanol–water partition coefficient (Wildman–Crippen LogP) is 0.712. The van der Waals surface area contributed by atoms with Gasteiger partial charge >= 0.3 is 0 Å². The molecule has 2 fully saturated rings. The Morgan fingerprint density at radius 3 is 2.92 bits per heavy atom. The van der Waals surface area contributed by atoms with Gasteiger partial charge in [0.2, 0.25) is 5.91 Å². The number of thioether (sulfide) groups is 1. The minimum absolute atomic E-state index is 0.0361. The SMILES string of the molecule is C[C@H]1S[C@H]2C(CCl)C(=O)N2C1C=O. The lowest BCUT2D eigenvalue weighted by molar-refractivity contribution is -0.152. The van der Waals surface area contributed by atoms with Crippen LogP contribution in [0.5, 0.6) is 0 Å². The highest BCUT2D eigenvalue weighted by Crippen LogP contribution is 2.46. The molecule has 13 heavy (non-hydrogen) atoms. The summed E-state index contributed by atoms with van der Waals surface area (Å²) in [5.74, 6) is 0.332. The second-order valence-electron chi connectivity index (χ2n) is 3.36. The highest BCUT2D eigenvalue weighted by atomic mass is 35.5. The number of fused-ring (bicyclic) bond motifs is 1. The maximum Gasteiger partial charge on any atom is 0.231 e. The summed E-state index contributed by atoms with van der Waals surface area (Å²) in [5, 5.41) is 0.356. The third kappa shape index (κ3) is 1.12. The number of alkyl halides is 1. The largest absolute Gasteiger partial charge is 0.319 e. The van der Waals surface area contributed by atoms with Gasteiger partial charge in [-0.05, 0) is 0 Å². The van der Waals surface area contributed by atoms with Crippen molar-refractivity contribution in [2.24, 2.45) is 5.92 Å². The first-order valence-electron chi connectivity index (χ1n) is 4.19. The molecule has 0 aromatic carbocycles. The maximum absolute atomic E-state index is 11.5. The molecule has 2 saturated heterocycles. The van der Waals surface area contributed by atoms with E-state index in [1.165, 1.54) is 0 Å². The fraction of sp³-hybridized carbons (Fsp3) is 0.750. The standard InChI is InChI=1S/C8H10ClNO2S/c1-4-6(3-11)10-7(12)5(2-9)8(10)13-4/h3-6,8H,2H2,1H3/t4-,5?,6?,8+/m1/s1. The van der Waals surface area contributed by atoms with Gasteiger partial charge < -0.3 is 9.69 Å². The van der Waals surface area contributed by atoms with E-state index in [9.17, 15) is 9.59 Å². The molecule has 5 heteroatoms. The number of nitrogens with zero attached hydrogens (tertiary/aromatic N) is 1. The smallest absolute Gasteiger partial charge is 0.231 e. The average Bonchev–Trinajstić information content (AvgIpc) is 2.40. The monoisotopic (exact) mass is 219 g/mol. The Labute approximate surface area is 85.8 Å². The summed E-state index contributed by atoms with van der Waals surface area (Å²) in [4.78, 5) is 23.8. The highest BCUT2D eigenvalue weighted by molar-refractivity contribution is 8.01. The summed E-state index contributed by atoms with van der Waals surface area (Å²) < 4.78 is 0. The zero-order chi connectivity index (χ0) is 9.59. The molecule has 1 amide bonds. The number of carbonyl (C=O) groups is 2. The first kappa shape index (κ1) is 9.34. The Hall–Kier alpha value is -0.220. The molecule has 0 aromatic rings. The van der Waals surface area contributed by atoms with Gasteiger partial charge in [0, 0.05) is 11.1 Å². The van der Waals surface area contributed by atoms with E-state index in [2.05, 4.69) is 0 Å². The molecule has 2 rings (SSSR count). The van der Waals surface area contributed by atoms with Crippen molar-refractivity contribution in [3.8, 4) is 0 Å². The molecule has 0 aliphatic carbocycles. The topological polar surface area (TPSA) is 37.4 Å². The molecular formula is C8H10ClNO2S. The molecule has 72 valence electrons. The second-order valence-corrected chi connectivity index (χ2v) is 5.17. The van der Waals surface area contributed by atoms with E-state index in [1.54, 1.807) is 16.7 Å². The molecule has 2 heterocycles. The van der Waals surface area contributed by atoms with Gasteiger partial charge in [0.15, 0.2) is 0 Å². The summed E-state index contributed by atoms with van der Waals surface area (Å²) >= 11 is 7.33. The van der Waals surface area contributed by atoms with Crippen molar-refractivity contribution in [1.82, 2.24) is 4.90 Å². The van der Waals surface area contributed by atoms with E-state index < -0.39 is 0 Å². The van der Waals surface area contributed by atoms with E-state index in [4.69, 9.17) is 11.6 Å². The number of hydrogen-bond donors (Lipinski definition) is 0. The normalized spacial score (nSPS) is 42.9. The molecule has 2 unspecified atom stereocenters. The van der Waals surface area contributed by atoms with E-state index in [-0.39, 0.29) is 28.5 Å². The lowest BCUT2D eigenvalue weighted by Crippen LogP contribution is -2.60. The molecule has 3 nitrogen and oxygen atoms in total. The average molecular weight is 220 g/mol. The van der Waals surface area contributed by atoms with Gasteiger partial charge in [-0.1, -0.05) is 6.92 Å². The van der Waals surface area contributed by atoms with Crippen LogP contribution in [0.25, 0.3) is 0 Å². The quantitative estimate of drug-likeness (QED) is 0.390.